The molecule has 3 rings (SSSR count). The minimum Gasteiger partial charge on any atom is -0.507 e. The smallest absolute Gasteiger partial charge is 0.354 e. The quantitative estimate of drug-likeness (QED) is 0.670. The molecule has 2 aromatic rings. The highest BCUT2D eigenvalue weighted by atomic mass is 79.9. The highest BCUT2D eigenvalue weighted by Gasteiger charge is 2.28. The Bertz CT molecular complexity index is 759. The van der Waals surface area contributed by atoms with Gasteiger partial charge in [0, 0.05) is 17.7 Å². The van der Waals surface area contributed by atoms with E-state index < -0.39 is 5.97 Å². The number of phenols is 1. The van der Waals surface area contributed by atoms with Crippen molar-refractivity contribution in [2.45, 2.75) is 25.8 Å². The van der Waals surface area contributed by atoms with Gasteiger partial charge in [0.1, 0.15) is 11.4 Å². The van der Waals surface area contributed by atoms with Crippen molar-refractivity contribution in [2.75, 3.05) is 6.54 Å². The summed E-state index contributed by atoms with van der Waals surface area (Å²) in [4.78, 5) is 11.6. The summed E-state index contributed by atoms with van der Waals surface area (Å²) in [5, 5.41) is 23.8. The summed E-state index contributed by atoms with van der Waals surface area (Å²) in [6.45, 7) is 0.972. The van der Waals surface area contributed by atoms with Crippen molar-refractivity contribution in [1.29, 1.82) is 0 Å². The van der Waals surface area contributed by atoms with Crippen LogP contribution in [0.1, 0.15) is 28.0 Å². The molecule has 0 radical (unpaired) electrons. The van der Waals surface area contributed by atoms with Crippen molar-refractivity contribution in [2.24, 2.45) is 5.73 Å². The lowest BCUT2D eigenvalue weighted by atomic mass is 9.89. The van der Waals surface area contributed by atoms with Gasteiger partial charge in [0.25, 0.3) is 0 Å². The normalized spacial score (nSPS) is 12.3. The molecule has 1 aromatic heterocycles. The van der Waals surface area contributed by atoms with Crippen molar-refractivity contribution in [3.05, 3.63) is 33.4 Å². The Labute approximate surface area is 152 Å². The lowest BCUT2D eigenvalue weighted by Gasteiger charge is -2.16. The van der Waals surface area contributed by atoms with E-state index >= 15 is 0 Å². The van der Waals surface area contributed by atoms with Gasteiger partial charge in [-0.3, -0.25) is 4.68 Å². The van der Waals surface area contributed by atoms with Gasteiger partial charge in [-0.15, -0.1) is 17.0 Å². The van der Waals surface area contributed by atoms with Gasteiger partial charge < -0.3 is 15.9 Å². The molecule has 0 fully saturated rings. The Morgan fingerprint density at radius 3 is 2.78 bits per heavy atom. The van der Waals surface area contributed by atoms with Crippen molar-refractivity contribution in [3.8, 4) is 17.0 Å². The number of aromatic nitrogens is 2. The van der Waals surface area contributed by atoms with Crippen LogP contribution in [0, 0.1) is 0 Å². The highest BCUT2D eigenvalue weighted by Crippen LogP contribution is 2.39. The van der Waals surface area contributed by atoms with Crippen LogP contribution in [-0.2, 0) is 19.4 Å². The second-order valence-electron chi connectivity index (χ2n) is 5.31. The number of rotatable bonds is 4. The van der Waals surface area contributed by atoms with Crippen molar-refractivity contribution >= 4 is 38.9 Å². The van der Waals surface area contributed by atoms with E-state index in [9.17, 15) is 15.0 Å². The number of aromatic carboxylic acids is 1. The molecule has 0 bridgehead atoms. The third-order valence-corrected chi connectivity index (χ3v) is 4.53. The van der Waals surface area contributed by atoms with Gasteiger partial charge in [-0.1, -0.05) is 0 Å². The molecule has 0 unspecified atom stereocenters. The van der Waals surface area contributed by atoms with E-state index in [0.29, 0.717) is 42.5 Å². The number of carbonyl (C=O) groups is 1. The molecule has 6 nitrogen and oxygen atoms in total. The summed E-state index contributed by atoms with van der Waals surface area (Å²) < 4.78 is 2.11. The fourth-order valence-electron chi connectivity index (χ4n) is 2.89. The number of aromatic hydroxyl groups is 1. The lowest BCUT2D eigenvalue weighted by molar-refractivity contribution is 0.0681. The van der Waals surface area contributed by atoms with Gasteiger partial charge in [0.05, 0.1) is 10.2 Å². The van der Waals surface area contributed by atoms with Gasteiger partial charge in [0.15, 0.2) is 0 Å². The van der Waals surface area contributed by atoms with Gasteiger partial charge >= 0.3 is 5.97 Å². The molecule has 4 N–H and O–H groups in total. The van der Waals surface area contributed by atoms with Crippen LogP contribution in [0.4, 0.5) is 0 Å². The third kappa shape index (κ3) is 3.15. The molecule has 1 aliphatic carbocycles. The maximum absolute atomic E-state index is 11.6. The SMILES string of the molecule is Br.NCCCn1nc2c(c1C(=O)O)CCc1cc(O)c(Br)cc1-2. The first-order valence-corrected chi connectivity index (χ1v) is 7.87. The minimum atomic E-state index is -0.966. The molecule has 0 saturated heterocycles. The fraction of sp³-hybridized carbons (Fsp3) is 0.333. The summed E-state index contributed by atoms with van der Waals surface area (Å²) in [6, 6.07) is 3.51. The number of benzene rings is 1. The lowest BCUT2D eigenvalue weighted by Crippen LogP contribution is -2.14. The van der Waals surface area contributed by atoms with Crippen LogP contribution in [0.3, 0.4) is 0 Å². The number of halogens is 2. The van der Waals surface area contributed by atoms with E-state index in [1.807, 2.05) is 0 Å². The molecule has 0 amide bonds. The molecular formula is C15H17Br2N3O3. The number of carboxylic acid groups (broad SMARTS) is 1. The van der Waals surface area contributed by atoms with Crippen LogP contribution in [0.5, 0.6) is 5.75 Å². The molecule has 1 heterocycles. The average Bonchev–Trinajstić information content (AvgIpc) is 2.85. The van der Waals surface area contributed by atoms with Crippen LogP contribution in [0.25, 0.3) is 11.3 Å². The fourth-order valence-corrected chi connectivity index (χ4v) is 3.23. The number of hydrogen-bond donors (Lipinski definition) is 3. The Hall–Kier alpha value is -1.38. The minimum absolute atomic E-state index is 0. The van der Waals surface area contributed by atoms with Crippen LogP contribution in [-0.4, -0.2) is 32.5 Å². The molecule has 1 aliphatic rings. The highest BCUT2D eigenvalue weighted by molar-refractivity contribution is 9.10. The largest absolute Gasteiger partial charge is 0.507 e. The molecule has 0 aliphatic heterocycles. The van der Waals surface area contributed by atoms with Gasteiger partial charge in [-0.25, -0.2) is 4.79 Å². The number of phenolic OH excluding ortho intramolecular Hbond substituents is 1. The number of nitrogens with zero attached hydrogens (tertiary/aromatic N) is 2. The number of hydrogen-bond acceptors (Lipinski definition) is 4. The summed E-state index contributed by atoms with van der Waals surface area (Å²) in [7, 11) is 0. The van der Waals surface area contributed by atoms with E-state index in [4.69, 9.17) is 5.73 Å². The zero-order chi connectivity index (χ0) is 15.9. The molecular weight excluding hydrogens is 430 g/mol. The molecule has 0 spiro atoms. The Balaban J connectivity index is 0.00000192. The Kier molecular flexibility index (Phi) is 5.49. The van der Waals surface area contributed by atoms with E-state index in [1.165, 1.54) is 4.68 Å². The van der Waals surface area contributed by atoms with Crippen LogP contribution in [0.2, 0.25) is 0 Å². The zero-order valence-electron chi connectivity index (χ0n) is 12.3. The van der Waals surface area contributed by atoms with Crippen molar-refractivity contribution < 1.29 is 15.0 Å². The molecule has 1 aromatic carbocycles. The first kappa shape index (κ1) is 18.0. The predicted molar refractivity (Wildman–Crippen MR) is 95.4 cm³/mol. The van der Waals surface area contributed by atoms with Crippen molar-refractivity contribution in [3.63, 3.8) is 0 Å². The monoisotopic (exact) mass is 445 g/mol. The van der Waals surface area contributed by atoms with E-state index in [-0.39, 0.29) is 28.4 Å². The second-order valence-corrected chi connectivity index (χ2v) is 6.16. The van der Waals surface area contributed by atoms with Gasteiger partial charge in [0.2, 0.25) is 0 Å². The number of fused-ring (bicyclic) bond motifs is 3. The average molecular weight is 447 g/mol. The Morgan fingerprint density at radius 2 is 2.13 bits per heavy atom. The third-order valence-electron chi connectivity index (χ3n) is 3.90. The number of nitrogens with two attached hydrogens (primary N) is 1. The van der Waals surface area contributed by atoms with Crippen LogP contribution < -0.4 is 5.73 Å². The van der Waals surface area contributed by atoms with Crippen LogP contribution >= 0.6 is 32.9 Å². The Morgan fingerprint density at radius 1 is 1.39 bits per heavy atom. The molecule has 124 valence electrons. The number of carboxylic acids is 1. The predicted octanol–water partition coefficient (Wildman–Crippen LogP) is 2.74. The van der Waals surface area contributed by atoms with E-state index in [1.54, 1.807) is 12.1 Å². The van der Waals surface area contributed by atoms with Crippen molar-refractivity contribution in [1.82, 2.24) is 9.78 Å². The second kappa shape index (κ2) is 7.02. The summed E-state index contributed by atoms with van der Waals surface area (Å²) >= 11 is 3.30. The molecule has 0 atom stereocenters. The first-order chi connectivity index (χ1) is 10.5. The van der Waals surface area contributed by atoms with Gasteiger partial charge in [-0.05, 0) is 59.4 Å². The molecule has 8 heteroatoms. The first-order valence-electron chi connectivity index (χ1n) is 7.07. The standard InChI is InChI=1S/C15H16BrN3O3.BrH/c16-11-7-10-8(6-12(11)20)2-3-9-13(10)18-19(5-1-4-17)14(9)15(21)22;/h6-7,20H,1-5,17H2,(H,21,22);1H. The maximum Gasteiger partial charge on any atom is 0.354 e. The van der Waals surface area contributed by atoms with Gasteiger partial charge in [-0.2, -0.15) is 5.10 Å². The summed E-state index contributed by atoms with van der Waals surface area (Å²) in [5.74, 6) is -0.782. The molecule has 23 heavy (non-hydrogen) atoms. The molecule has 0 saturated carbocycles. The van der Waals surface area contributed by atoms with E-state index in [0.717, 1.165) is 16.7 Å². The van der Waals surface area contributed by atoms with E-state index in [2.05, 4.69) is 21.0 Å². The maximum atomic E-state index is 11.6. The summed E-state index contributed by atoms with van der Waals surface area (Å²) in [5.41, 5.74) is 9.07. The zero-order valence-corrected chi connectivity index (χ0v) is 15.5. The van der Waals surface area contributed by atoms with Crippen LogP contribution in [0.15, 0.2) is 16.6 Å². The summed E-state index contributed by atoms with van der Waals surface area (Å²) in [6.07, 6.45) is 1.96. The number of aryl methyl sites for hydroxylation is 2. The topological polar surface area (TPSA) is 101 Å².